The molecule has 1 atom stereocenters. The quantitative estimate of drug-likeness (QED) is 0.294. The van der Waals surface area contributed by atoms with Crippen molar-refractivity contribution in [2.24, 2.45) is 5.41 Å². The minimum atomic E-state index is -3.00. The molecule has 2 saturated heterocycles. The highest BCUT2D eigenvalue weighted by atomic mass is 19.3. The first kappa shape index (κ1) is 28.5. The highest BCUT2D eigenvalue weighted by molar-refractivity contribution is 6.62. The molecule has 0 spiro atoms. The van der Waals surface area contributed by atoms with E-state index in [-0.39, 0.29) is 11.7 Å². The molecule has 0 amide bonds. The molecule has 214 valence electrons. The number of halogens is 2. The van der Waals surface area contributed by atoms with Crippen molar-refractivity contribution in [2.75, 3.05) is 20.2 Å². The molecule has 0 saturated carbocycles. The number of rotatable bonds is 7. The maximum Gasteiger partial charge on any atom is 0.495 e. The minimum Gasteiger partial charge on any atom is -0.469 e. The van der Waals surface area contributed by atoms with Gasteiger partial charge in [-0.1, -0.05) is 12.1 Å². The molecular weight excluding hydrogens is 521 g/mol. The molecule has 2 aromatic carbocycles. The standard InChI is InChI=1S/C29H35BF2N2O6/c1-17-19(9-8-10-20(17)30-39-27(2,3)28(4,5)40-30)24-33-21-13-18(22(38-26(31)32)14-23(21)37-24)15-34-12-11-29(6,16-34)25(35)36-7/h8-10,13-14,26H,11-12,15-16H2,1-7H3. The van der Waals surface area contributed by atoms with Gasteiger partial charge < -0.3 is 23.2 Å². The maximum absolute atomic E-state index is 13.3. The van der Waals surface area contributed by atoms with E-state index in [0.717, 1.165) is 16.6 Å². The lowest BCUT2D eigenvalue weighted by atomic mass is 9.75. The molecule has 0 N–H and O–H groups in total. The van der Waals surface area contributed by atoms with Crippen LogP contribution in [0, 0.1) is 12.3 Å². The zero-order valence-corrected chi connectivity index (χ0v) is 24.0. The largest absolute Gasteiger partial charge is 0.495 e. The number of aromatic nitrogens is 1. The van der Waals surface area contributed by atoms with E-state index in [2.05, 4.69) is 0 Å². The van der Waals surface area contributed by atoms with Crippen molar-refractivity contribution in [3.63, 3.8) is 0 Å². The second-order valence-electron chi connectivity index (χ2n) is 11.9. The van der Waals surface area contributed by atoms with Crippen molar-refractivity contribution in [1.82, 2.24) is 9.88 Å². The summed E-state index contributed by atoms with van der Waals surface area (Å²) in [6, 6.07) is 8.90. The molecule has 0 bridgehead atoms. The number of likely N-dealkylation sites (tertiary alicyclic amines) is 1. The number of carbonyl (C=O) groups is 1. The number of ether oxygens (including phenoxy) is 2. The molecule has 2 aliphatic rings. The molecule has 1 aromatic heterocycles. The van der Waals surface area contributed by atoms with Crippen LogP contribution in [0.25, 0.3) is 22.6 Å². The summed E-state index contributed by atoms with van der Waals surface area (Å²) in [6.07, 6.45) is 0.611. The van der Waals surface area contributed by atoms with Crippen LogP contribution in [0.5, 0.6) is 5.75 Å². The summed E-state index contributed by atoms with van der Waals surface area (Å²) < 4.78 is 55.1. The van der Waals surface area contributed by atoms with E-state index in [1.807, 2.05) is 64.6 Å². The molecular formula is C29H35BF2N2O6. The van der Waals surface area contributed by atoms with Crippen LogP contribution in [-0.2, 0) is 25.4 Å². The molecule has 2 fully saturated rings. The molecule has 11 heteroatoms. The van der Waals surface area contributed by atoms with Crippen LogP contribution in [-0.4, -0.2) is 61.0 Å². The first-order valence-corrected chi connectivity index (χ1v) is 13.4. The third kappa shape index (κ3) is 5.10. The first-order valence-electron chi connectivity index (χ1n) is 13.4. The van der Waals surface area contributed by atoms with Gasteiger partial charge in [-0.25, -0.2) is 4.98 Å². The normalized spacial score (nSPS) is 22.4. The van der Waals surface area contributed by atoms with Crippen molar-refractivity contribution in [3.8, 4) is 17.2 Å². The number of hydrogen-bond acceptors (Lipinski definition) is 8. The van der Waals surface area contributed by atoms with E-state index < -0.39 is 30.3 Å². The number of fused-ring (bicyclic) bond motifs is 1. The fraction of sp³-hybridized carbons (Fsp3) is 0.517. The van der Waals surface area contributed by atoms with Gasteiger partial charge in [-0.05, 0) is 77.7 Å². The zero-order valence-electron chi connectivity index (χ0n) is 24.0. The lowest BCUT2D eigenvalue weighted by Gasteiger charge is -2.32. The van der Waals surface area contributed by atoms with Crippen LogP contribution in [0.15, 0.2) is 34.7 Å². The van der Waals surface area contributed by atoms with Gasteiger partial charge in [0.05, 0.1) is 23.7 Å². The SMILES string of the molecule is COC(=O)C1(C)CCN(Cc2cc3nc(-c4cccc(B5OC(C)(C)C(C)(C)O5)c4C)oc3cc2OC(F)F)C1. The number of nitrogens with zero attached hydrogens (tertiary/aromatic N) is 2. The van der Waals surface area contributed by atoms with Crippen LogP contribution in [0.2, 0.25) is 0 Å². The fourth-order valence-electron chi connectivity index (χ4n) is 5.40. The Labute approximate surface area is 233 Å². The van der Waals surface area contributed by atoms with Gasteiger partial charge in [0.1, 0.15) is 11.3 Å². The summed E-state index contributed by atoms with van der Waals surface area (Å²) in [7, 11) is 0.816. The monoisotopic (exact) mass is 556 g/mol. The van der Waals surface area contributed by atoms with Crippen molar-refractivity contribution in [1.29, 1.82) is 0 Å². The summed E-state index contributed by atoms with van der Waals surface area (Å²) in [4.78, 5) is 19.0. The van der Waals surface area contributed by atoms with Crippen LogP contribution in [0.4, 0.5) is 8.78 Å². The fourth-order valence-corrected chi connectivity index (χ4v) is 5.40. The number of hydrogen-bond donors (Lipinski definition) is 0. The molecule has 2 aliphatic heterocycles. The Morgan fingerprint density at radius 1 is 1.15 bits per heavy atom. The molecule has 0 radical (unpaired) electrons. The smallest absolute Gasteiger partial charge is 0.469 e. The van der Waals surface area contributed by atoms with E-state index in [9.17, 15) is 13.6 Å². The lowest BCUT2D eigenvalue weighted by molar-refractivity contribution is -0.151. The van der Waals surface area contributed by atoms with Crippen molar-refractivity contribution in [3.05, 3.63) is 41.5 Å². The van der Waals surface area contributed by atoms with Gasteiger partial charge in [0.25, 0.3) is 0 Å². The predicted molar refractivity (Wildman–Crippen MR) is 147 cm³/mol. The predicted octanol–water partition coefficient (Wildman–Crippen LogP) is 5.09. The first-order chi connectivity index (χ1) is 18.7. The van der Waals surface area contributed by atoms with E-state index in [0.29, 0.717) is 48.6 Å². The summed E-state index contributed by atoms with van der Waals surface area (Å²) >= 11 is 0. The number of benzene rings is 2. The Morgan fingerprint density at radius 2 is 1.85 bits per heavy atom. The third-order valence-corrected chi connectivity index (χ3v) is 8.52. The Hall–Kier alpha value is -3.02. The molecule has 0 aliphatic carbocycles. The Morgan fingerprint density at radius 3 is 2.50 bits per heavy atom. The second kappa shape index (κ2) is 10.1. The number of esters is 1. The van der Waals surface area contributed by atoms with E-state index in [1.54, 1.807) is 6.07 Å². The topological polar surface area (TPSA) is 83.3 Å². The van der Waals surface area contributed by atoms with Gasteiger partial charge in [-0.3, -0.25) is 9.69 Å². The van der Waals surface area contributed by atoms with E-state index >= 15 is 0 Å². The summed E-state index contributed by atoms with van der Waals surface area (Å²) in [6.45, 7) is 10.2. The summed E-state index contributed by atoms with van der Waals surface area (Å²) in [5.41, 5.74) is 2.25. The van der Waals surface area contributed by atoms with Gasteiger partial charge in [0, 0.05) is 30.3 Å². The maximum atomic E-state index is 13.3. The highest BCUT2D eigenvalue weighted by Gasteiger charge is 2.52. The van der Waals surface area contributed by atoms with Gasteiger partial charge in [0.15, 0.2) is 5.58 Å². The van der Waals surface area contributed by atoms with E-state index in [4.69, 9.17) is 28.2 Å². The molecule has 1 unspecified atom stereocenters. The summed E-state index contributed by atoms with van der Waals surface area (Å²) in [5, 5.41) is 0. The van der Waals surface area contributed by atoms with Crippen LogP contribution in [0.3, 0.4) is 0 Å². The van der Waals surface area contributed by atoms with E-state index in [1.165, 1.54) is 13.2 Å². The average molecular weight is 556 g/mol. The molecule has 3 aromatic rings. The third-order valence-electron chi connectivity index (χ3n) is 8.52. The zero-order chi connectivity index (χ0) is 29.0. The van der Waals surface area contributed by atoms with Gasteiger partial charge in [0.2, 0.25) is 5.89 Å². The van der Waals surface area contributed by atoms with Gasteiger partial charge in [-0.2, -0.15) is 8.78 Å². The Balaban J connectivity index is 1.47. The Bertz CT molecular complexity index is 1430. The molecule has 40 heavy (non-hydrogen) atoms. The number of carbonyl (C=O) groups excluding carboxylic acids is 1. The van der Waals surface area contributed by atoms with Crippen LogP contribution < -0.4 is 10.2 Å². The van der Waals surface area contributed by atoms with Gasteiger partial charge >= 0.3 is 19.7 Å². The lowest BCUT2D eigenvalue weighted by Crippen LogP contribution is -2.41. The van der Waals surface area contributed by atoms with Crippen molar-refractivity contribution >= 4 is 29.7 Å². The Kier molecular flexibility index (Phi) is 7.21. The number of alkyl halides is 2. The highest BCUT2D eigenvalue weighted by Crippen LogP contribution is 2.38. The van der Waals surface area contributed by atoms with Crippen molar-refractivity contribution < 1.29 is 36.8 Å². The van der Waals surface area contributed by atoms with Gasteiger partial charge in [-0.15, -0.1) is 0 Å². The van der Waals surface area contributed by atoms with Crippen LogP contribution >= 0.6 is 0 Å². The van der Waals surface area contributed by atoms with Crippen molar-refractivity contribution in [2.45, 2.75) is 72.3 Å². The number of oxazole rings is 1. The number of methoxy groups -OCH3 is 1. The second-order valence-corrected chi connectivity index (χ2v) is 11.9. The molecule has 8 nitrogen and oxygen atoms in total. The molecule has 3 heterocycles. The van der Waals surface area contributed by atoms with Crippen LogP contribution in [0.1, 0.15) is 52.2 Å². The summed E-state index contributed by atoms with van der Waals surface area (Å²) in [5.74, 6) is 0.0822. The minimum absolute atomic E-state index is 0.0135. The average Bonchev–Trinajstić information content (AvgIpc) is 3.51. The molecule has 5 rings (SSSR count).